The molecule has 1 saturated heterocycles. The van der Waals surface area contributed by atoms with Crippen molar-refractivity contribution in [2.24, 2.45) is 11.7 Å². The minimum Gasteiger partial charge on any atom is -0.483 e. The molecule has 2 amide bonds. The van der Waals surface area contributed by atoms with E-state index in [1.807, 2.05) is 32.0 Å². The lowest BCUT2D eigenvalue weighted by Gasteiger charge is -2.19. The molecule has 124 valence electrons. The quantitative estimate of drug-likeness (QED) is 0.902. The number of nitrogens with zero attached hydrogens (tertiary/aromatic N) is 1. The Balaban J connectivity index is 1.61. The molecule has 6 heteroatoms. The van der Waals surface area contributed by atoms with Gasteiger partial charge in [0.05, 0.1) is 5.92 Å². The van der Waals surface area contributed by atoms with Gasteiger partial charge in [-0.1, -0.05) is 12.1 Å². The summed E-state index contributed by atoms with van der Waals surface area (Å²) in [6, 6.07) is 5.72. The number of hydrogen-bond acceptors (Lipinski definition) is 4. The number of hydrogen-bond donors (Lipinski definition) is 1. The predicted octanol–water partition coefficient (Wildman–Crippen LogP) is 1.11. The van der Waals surface area contributed by atoms with Crippen molar-refractivity contribution in [1.29, 1.82) is 0 Å². The average Bonchev–Trinajstić information content (AvgIpc) is 3.07. The molecule has 6 nitrogen and oxygen atoms in total. The van der Waals surface area contributed by atoms with E-state index in [-0.39, 0.29) is 29.9 Å². The van der Waals surface area contributed by atoms with E-state index >= 15 is 0 Å². The minimum atomic E-state index is -0.349. The number of benzene rings is 1. The van der Waals surface area contributed by atoms with Crippen LogP contribution in [-0.2, 0) is 16.0 Å². The summed E-state index contributed by atoms with van der Waals surface area (Å²) in [5, 5.41) is 0. The zero-order chi connectivity index (χ0) is 16.6. The van der Waals surface area contributed by atoms with Gasteiger partial charge >= 0.3 is 0 Å². The van der Waals surface area contributed by atoms with Crippen molar-refractivity contribution in [2.75, 3.05) is 19.7 Å². The van der Waals surface area contributed by atoms with Crippen LogP contribution in [0.1, 0.15) is 25.8 Å². The molecule has 1 aromatic carbocycles. The van der Waals surface area contributed by atoms with Crippen molar-refractivity contribution in [3.63, 3.8) is 0 Å². The largest absolute Gasteiger partial charge is 0.483 e. The molecule has 0 aliphatic carbocycles. The Morgan fingerprint density at radius 3 is 2.91 bits per heavy atom. The van der Waals surface area contributed by atoms with Crippen molar-refractivity contribution in [3.05, 3.63) is 23.8 Å². The average molecular weight is 318 g/mol. The smallest absolute Gasteiger partial charge is 0.260 e. The number of primary amides is 1. The second-order valence-electron chi connectivity index (χ2n) is 6.80. The summed E-state index contributed by atoms with van der Waals surface area (Å²) in [7, 11) is 0. The number of ether oxygens (including phenoxy) is 2. The minimum absolute atomic E-state index is 0.0638. The zero-order valence-corrected chi connectivity index (χ0v) is 13.5. The van der Waals surface area contributed by atoms with E-state index in [1.165, 1.54) is 0 Å². The van der Waals surface area contributed by atoms with Crippen LogP contribution in [0.2, 0.25) is 0 Å². The number of carbonyl (C=O) groups is 2. The van der Waals surface area contributed by atoms with Crippen LogP contribution < -0.4 is 15.2 Å². The van der Waals surface area contributed by atoms with Crippen LogP contribution in [0.3, 0.4) is 0 Å². The molecule has 2 aliphatic heterocycles. The van der Waals surface area contributed by atoms with Crippen molar-refractivity contribution < 1.29 is 19.1 Å². The highest BCUT2D eigenvalue weighted by Crippen LogP contribution is 2.41. The Morgan fingerprint density at radius 1 is 1.43 bits per heavy atom. The number of amides is 2. The number of fused-ring (bicyclic) bond motifs is 1. The van der Waals surface area contributed by atoms with Gasteiger partial charge in [-0.15, -0.1) is 0 Å². The first-order valence-corrected chi connectivity index (χ1v) is 7.86. The van der Waals surface area contributed by atoms with E-state index in [0.717, 1.165) is 17.7 Å². The normalized spacial score (nSPS) is 21.7. The van der Waals surface area contributed by atoms with E-state index in [0.29, 0.717) is 25.3 Å². The van der Waals surface area contributed by atoms with Crippen LogP contribution in [0, 0.1) is 5.92 Å². The fraction of sp³-hybridized carbons (Fsp3) is 0.529. The summed E-state index contributed by atoms with van der Waals surface area (Å²) >= 11 is 0. The van der Waals surface area contributed by atoms with E-state index in [2.05, 4.69) is 0 Å². The maximum Gasteiger partial charge on any atom is 0.260 e. The van der Waals surface area contributed by atoms with Crippen molar-refractivity contribution in [2.45, 2.75) is 32.3 Å². The number of rotatable bonds is 4. The monoisotopic (exact) mass is 318 g/mol. The Bertz CT molecular complexity index is 641. The maximum absolute atomic E-state index is 12.2. The van der Waals surface area contributed by atoms with Gasteiger partial charge in [-0.25, -0.2) is 0 Å². The summed E-state index contributed by atoms with van der Waals surface area (Å²) in [5.74, 6) is 0.583. The van der Waals surface area contributed by atoms with Gasteiger partial charge in [0.25, 0.3) is 5.91 Å². The van der Waals surface area contributed by atoms with Gasteiger partial charge in [-0.05, 0) is 26.3 Å². The first kappa shape index (κ1) is 15.6. The molecule has 1 fully saturated rings. The molecule has 0 aromatic heterocycles. The fourth-order valence-corrected chi connectivity index (χ4v) is 3.15. The van der Waals surface area contributed by atoms with Crippen LogP contribution in [0.5, 0.6) is 11.5 Å². The molecule has 1 atom stereocenters. The summed E-state index contributed by atoms with van der Waals surface area (Å²) in [5.41, 5.74) is 6.13. The summed E-state index contributed by atoms with van der Waals surface area (Å²) in [6.45, 7) is 4.91. The highest BCUT2D eigenvalue weighted by molar-refractivity contribution is 5.81. The van der Waals surface area contributed by atoms with E-state index in [9.17, 15) is 9.59 Å². The van der Waals surface area contributed by atoms with E-state index < -0.39 is 0 Å². The third-order valence-electron chi connectivity index (χ3n) is 4.35. The van der Waals surface area contributed by atoms with E-state index in [1.54, 1.807) is 4.90 Å². The van der Waals surface area contributed by atoms with E-state index in [4.69, 9.17) is 15.2 Å². The van der Waals surface area contributed by atoms with Gasteiger partial charge in [0.15, 0.2) is 18.1 Å². The molecular formula is C17H22N2O4. The molecule has 3 rings (SSSR count). The molecule has 0 spiro atoms. The third kappa shape index (κ3) is 3.25. The molecule has 2 aliphatic rings. The first-order chi connectivity index (χ1) is 10.9. The number of para-hydroxylation sites is 1. The number of carbonyl (C=O) groups excluding carboxylic acids is 2. The maximum atomic E-state index is 12.2. The lowest BCUT2D eigenvalue weighted by molar-refractivity contribution is -0.132. The van der Waals surface area contributed by atoms with Crippen molar-refractivity contribution >= 4 is 11.8 Å². The lowest BCUT2D eigenvalue weighted by atomic mass is 10.0. The van der Waals surface area contributed by atoms with Crippen molar-refractivity contribution in [1.82, 2.24) is 4.90 Å². The second kappa shape index (κ2) is 5.76. The lowest BCUT2D eigenvalue weighted by Crippen LogP contribution is -2.34. The summed E-state index contributed by atoms with van der Waals surface area (Å²) < 4.78 is 11.6. The van der Waals surface area contributed by atoms with Crippen molar-refractivity contribution in [3.8, 4) is 11.5 Å². The molecule has 1 aromatic rings. The molecule has 0 unspecified atom stereocenters. The third-order valence-corrected chi connectivity index (χ3v) is 4.35. The highest BCUT2D eigenvalue weighted by atomic mass is 16.5. The SMILES string of the molecule is CC1(C)Cc2cccc(OCC(=O)N3CC[C@H](C(N)=O)C3)c2O1. The van der Waals surface area contributed by atoms with Crippen LogP contribution in [0.25, 0.3) is 0 Å². The highest BCUT2D eigenvalue weighted by Gasteiger charge is 2.33. The van der Waals surface area contributed by atoms with Gasteiger partial charge in [0.1, 0.15) is 5.60 Å². The Kier molecular flexibility index (Phi) is 3.92. The molecular weight excluding hydrogens is 296 g/mol. The van der Waals surface area contributed by atoms with Gasteiger partial charge < -0.3 is 20.1 Å². The predicted molar refractivity (Wildman–Crippen MR) is 84.2 cm³/mol. The van der Waals surface area contributed by atoms with Crippen LogP contribution in [0.4, 0.5) is 0 Å². The van der Waals surface area contributed by atoms with Crippen LogP contribution >= 0.6 is 0 Å². The standard InChI is InChI=1S/C17H22N2O4/c1-17(2)8-11-4-3-5-13(15(11)23-17)22-10-14(20)19-7-6-12(9-19)16(18)21/h3-5,12H,6-10H2,1-2H3,(H2,18,21)/t12-/m0/s1. The second-order valence-corrected chi connectivity index (χ2v) is 6.80. The van der Waals surface area contributed by atoms with Gasteiger partial charge in [0.2, 0.25) is 5.91 Å². The molecule has 2 N–H and O–H groups in total. The van der Waals surface area contributed by atoms with Gasteiger partial charge in [-0.3, -0.25) is 9.59 Å². The Hall–Kier alpha value is -2.24. The summed E-state index contributed by atoms with van der Waals surface area (Å²) in [6.07, 6.45) is 1.44. The van der Waals surface area contributed by atoms with Crippen LogP contribution in [-0.4, -0.2) is 42.0 Å². The van der Waals surface area contributed by atoms with Crippen LogP contribution in [0.15, 0.2) is 18.2 Å². The summed E-state index contributed by atoms with van der Waals surface area (Å²) in [4.78, 5) is 25.0. The topological polar surface area (TPSA) is 81.9 Å². The molecule has 0 bridgehead atoms. The molecule has 0 radical (unpaired) electrons. The van der Waals surface area contributed by atoms with Gasteiger partial charge in [-0.2, -0.15) is 0 Å². The number of nitrogens with two attached hydrogens (primary N) is 1. The molecule has 2 heterocycles. The molecule has 23 heavy (non-hydrogen) atoms. The fourth-order valence-electron chi connectivity index (χ4n) is 3.15. The molecule has 0 saturated carbocycles. The van der Waals surface area contributed by atoms with Gasteiger partial charge in [0, 0.05) is 25.1 Å². The Morgan fingerprint density at radius 2 is 2.22 bits per heavy atom. The zero-order valence-electron chi connectivity index (χ0n) is 13.5. The first-order valence-electron chi connectivity index (χ1n) is 7.86. The number of likely N-dealkylation sites (tertiary alicyclic amines) is 1. The Labute approximate surface area is 135 Å².